The normalized spacial score (nSPS) is 21.2. The minimum atomic E-state index is 0.483. The first-order chi connectivity index (χ1) is 9.90. The lowest BCUT2D eigenvalue weighted by molar-refractivity contribution is 0.560. The van der Waals surface area contributed by atoms with E-state index >= 15 is 0 Å². The molecule has 20 heavy (non-hydrogen) atoms. The Labute approximate surface area is 124 Å². The number of benzene rings is 1. The predicted octanol–water partition coefficient (Wildman–Crippen LogP) is 6.26. The molecule has 108 valence electrons. The molecule has 0 heteroatoms. The number of hydrogen-bond donors (Lipinski definition) is 0. The lowest BCUT2D eigenvalue weighted by atomic mass is 9.88. The average molecular weight is 268 g/mol. The minimum Gasteiger partial charge on any atom is -0.0807 e. The van der Waals surface area contributed by atoms with Crippen molar-refractivity contribution in [3.8, 4) is 0 Å². The van der Waals surface area contributed by atoms with Crippen LogP contribution in [-0.4, -0.2) is 0 Å². The van der Waals surface area contributed by atoms with Crippen molar-refractivity contribution in [2.24, 2.45) is 5.92 Å². The Morgan fingerprint density at radius 1 is 0.750 bits per heavy atom. The van der Waals surface area contributed by atoms with Crippen LogP contribution in [-0.2, 0) is 0 Å². The number of hydrogen-bond acceptors (Lipinski definition) is 0. The van der Waals surface area contributed by atoms with Crippen LogP contribution < -0.4 is 0 Å². The third kappa shape index (κ3) is 5.00. The van der Waals surface area contributed by atoms with Crippen molar-refractivity contribution in [3.63, 3.8) is 0 Å². The van der Waals surface area contributed by atoms with Gasteiger partial charge in [0, 0.05) is 5.92 Å². The van der Waals surface area contributed by atoms with Gasteiger partial charge in [-0.25, -0.2) is 0 Å². The van der Waals surface area contributed by atoms with Crippen molar-refractivity contribution in [1.29, 1.82) is 0 Å². The van der Waals surface area contributed by atoms with Gasteiger partial charge in [0.15, 0.2) is 0 Å². The maximum Gasteiger partial charge on any atom is 0.0199 e. The molecule has 0 amide bonds. The molecule has 0 nitrogen and oxygen atoms in total. The second-order valence-electron chi connectivity index (χ2n) is 5.93. The summed E-state index contributed by atoms with van der Waals surface area (Å²) >= 11 is 0. The molecule has 2 rings (SSSR count). The van der Waals surface area contributed by atoms with E-state index in [1.165, 1.54) is 50.5 Å². The highest BCUT2D eigenvalue weighted by atomic mass is 14.2. The van der Waals surface area contributed by atoms with Crippen molar-refractivity contribution in [1.82, 2.24) is 0 Å². The summed E-state index contributed by atoms with van der Waals surface area (Å²) < 4.78 is 0. The number of allylic oxidation sites excluding steroid dienone is 4. The molecule has 0 fully saturated rings. The van der Waals surface area contributed by atoms with Gasteiger partial charge in [0.1, 0.15) is 0 Å². The smallest absolute Gasteiger partial charge is 0.0199 e. The van der Waals surface area contributed by atoms with E-state index in [0.717, 1.165) is 0 Å². The van der Waals surface area contributed by atoms with Gasteiger partial charge in [0.2, 0.25) is 0 Å². The number of rotatable bonds is 8. The van der Waals surface area contributed by atoms with Crippen LogP contribution in [0.4, 0.5) is 0 Å². The summed E-state index contributed by atoms with van der Waals surface area (Å²) in [4.78, 5) is 0. The van der Waals surface area contributed by atoms with E-state index in [1.54, 1.807) is 0 Å². The van der Waals surface area contributed by atoms with Crippen molar-refractivity contribution in [3.05, 3.63) is 60.2 Å². The van der Waals surface area contributed by atoms with Crippen LogP contribution in [0.1, 0.15) is 63.4 Å². The fraction of sp³-hybridized carbons (Fsp3) is 0.500. The molecule has 0 spiro atoms. The molecule has 0 aromatic heterocycles. The van der Waals surface area contributed by atoms with E-state index in [1.807, 2.05) is 0 Å². The van der Waals surface area contributed by atoms with E-state index in [-0.39, 0.29) is 0 Å². The van der Waals surface area contributed by atoms with Crippen LogP contribution in [0.25, 0.3) is 0 Å². The van der Waals surface area contributed by atoms with Gasteiger partial charge in [0.05, 0.1) is 0 Å². The quantitative estimate of drug-likeness (QED) is 0.385. The third-order valence-electron chi connectivity index (χ3n) is 4.21. The van der Waals surface area contributed by atoms with Crippen LogP contribution in [0.2, 0.25) is 0 Å². The zero-order valence-electron chi connectivity index (χ0n) is 12.8. The predicted molar refractivity (Wildman–Crippen MR) is 88.9 cm³/mol. The zero-order valence-corrected chi connectivity index (χ0v) is 12.8. The van der Waals surface area contributed by atoms with E-state index in [2.05, 4.69) is 61.6 Å². The first-order valence-corrected chi connectivity index (χ1v) is 8.31. The zero-order chi connectivity index (χ0) is 14.0. The fourth-order valence-electron chi connectivity index (χ4n) is 2.90. The molecular weight excluding hydrogens is 240 g/mol. The molecule has 1 aliphatic rings. The van der Waals surface area contributed by atoms with Crippen LogP contribution in [0.3, 0.4) is 0 Å². The molecule has 0 saturated heterocycles. The highest BCUT2D eigenvalue weighted by Crippen LogP contribution is 2.26. The molecule has 0 heterocycles. The first kappa shape index (κ1) is 15.1. The molecule has 0 atom stereocenters. The molecule has 0 unspecified atom stereocenters. The van der Waals surface area contributed by atoms with Crippen LogP contribution in [0.15, 0.2) is 54.6 Å². The Kier molecular flexibility index (Phi) is 6.63. The topological polar surface area (TPSA) is 0 Å². The van der Waals surface area contributed by atoms with E-state index in [0.29, 0.717) is 11.8 Å². The van der Waals surface area contributed by atoms with Crippen molar-refractivity contribution in [2.45, 2.75) is 57.8 Å². The summed E-state index contributed by atoms with van der Waals surface area (Å²) in [6, 6.07) is 10.8. The highest BCUT2D eigenvalue weighted by molar-refractivity contribution is 5.31. The highest BCUT2D eigenvalue weighted by Gasteiger charge is 2.10. The molecule has 1 aliphatic carbocycles. The molecule has 0 saturated carbocycles. The van der Waals surface area contributed by atoms with Gasteiger partial charge in [0.25, 0.3) is 0 Å². The Morgan fingerprint density at radius 3 is 2.10 bits per heavy atom. The van der Waals surface area contributed by atoms with Crippen LogP contribution >= 0.6 is 0 Å². The van der Waals surface area contributed by atoms with Gasteiger partial charge >= 0.3 is 0 Å². The Balaban J connectivity index is 1.67. The van der Waals surface area contributed by atoms with E-state index < -0.39 is 0 Å². The summed E-state index contributed by atoms with van der Waals surface area (Å²) in [5.74, 6) is 1.15. The summed E-state index contributed by atoms with van der Waals surface area (Å²) in [5.41, 5.74) is 1.40. The lowest BCUT2D eigenvalue weighted by Gasteiger charge is -2.17. The summed E-state index contributed by atoms with van der Waals surface area (Å²) in [6.07, 6.45) is 19.2. The van der Waals surface area contributed by atoms with Gasteiger partial charge in [-0.05, 0) is 17.9 Å². The summed E-state index contributed by atoms with van der Waals surface area (Å²) in [6.45, 7) is 2.28. The molecule has 0 radical (unpaired) electrons. The molecule has 1 aromatic rings. The molecule has 1 aromatic carbocycles. The van der Waals surface area contributed by atoms with Crippen molar-refractivity contribution >= 4 is 0 Å². The maximum atomic E-state index is 2.41. The third-order valence-corrected chi connectivity index (χ3v) is 4.21. The van der Waals surface area contributed by atoms with Gasteiger partial charge in [-0.15, -0.1) is 0 Å². The van der Waals surface area contributed by atoms with Crippen molar-refractivity contribution < 1.29 is 0 Å². The number of unbranched alkanes of at least 4 members (excludes halogenated alkanes) is 5. The van der Waals surface area contributed by atoms with Gasteiger partial charge < -0.3 is 0 Å². The first-order valence-electron chi connectivity index (χ1n) is 8.31. The SMILES string of the molecule is CCCCCCCCC1C=CC(c2ccccc2)C=C1. The summed E-state index contributed by atoms with van der Waals surface area (Å²) in [7, 11) is 0. The Morgan fingerprint density at radius 2 is 1.40 bits per heavy atom. The lowest BCUT2D eigenvalue weighted by Crippen LogP contribution is -2.01. The Hall–Kier alpha value is -1.30. The van der Waals surface area contributed by atoms with Gasteiger partial charge in [-0.2, -0.15) is 0 Å². The second kappa shape index (κ2) is 8.79. The monoisotopic (exact) mass is 268 g/mol. The van der Waals surface area contributed by atoms with Crippen molar-refractivity contribution in [2.75, 3.05) is 0 Å². The van der Waals surface area contributed by atoms with Crippen LogP contribution in [0, 0.1) is 5.92 Å². The molecule has 0 aliphatic heterocycles. The minimum absolute atomic E-state index is 0.483. The van der Waals surface area contributed by atoms with Crippen LogP contribution in [0.5, 0.6) is 0 Å². The maximum absolute atomic E-state index is 2.41. The fourth-order valence-corrected chi connectivity index (χ4v) is 2.90. The van der Waals surface area contributed by atoms with E-state index in [4.69, 9.17) is 0 Å². The molecular formula is C20H28. The standard InChI is InChI=1S/C20H28/c1-2-3-4-5-6-8-11-18-14-16-20(17-15-18)19-12-9-7-10-13-19/h7,9-10,12-18,20H,2-6,8,11H2,1H3. The van der Waals surface area contributed by atoms with Gasteiger partial charge in [-0.3, -0.25) is 0 Å². The van der Waals surface area contributed by atoms with E-state index in [9.17, 15) is 0 Å². The second-order valence-corrected chi connectivity index (χ2v) is 5.93. The largest absolute Gasteiger partial charge is 0.0807 e. The molecule has 0 bridgehead atoms. The van der Waals surface area contributed by atoms with Gasteiger partial charge in [-0.1, -0.05) is 100 Å². The Bertz CT molecular complexity index is 399. The summed E-state index contributed by atoms with van der Waals surface area (Å²) in [5, 5.41) is 0. The average Bonchev–Trinajstić information content (AvgIpc) is 2.52. The molecule has 0 N–H and O–H groups in total.